The summed E-state index contributed by atoms with van der Waals surface area (Å²) in [7, 11) is -3.37. The lowest BCUT2D eigenvalue weighted by molar-refractivity contribution is 0.580. The molecule has 1 saturated carbocycles. The average molecular weight is 240 g/mol. The number of sulfonamides is 1. The van der Waals surface area contributed by atoms with Gasteiger partial charge in [0.1, 0.15) is 0 Å². The van der Waals surface area contributed by atoms with Gasteiger partial charge in [-0.05, 0) is 37.0 Å². The molecular formula is C11H16N2O2S. The molecule has 1 aromatic carbocycles. The molecular weight excluding hydrogens is 224 g/mol. The van der Waals surface area contributed by atoms with Crippen molar-refractivity contribution >= 4 is 10.0 Å². The molecule has 0 saturated heterocycles. The highest BCUT2D eigenvalue weighted by Crippen LogP contribution is 2.24. The summed E-state index contributed by atoms with van der Waals surface area (Å²) in [6.07, 6.45) is 1.88. The predicted molar refractivity (Wildman–Crippen MR) is 62.4 cm³/mol. The van der Waals surface area contributed by atoms with E-state index in [1.54, 1.807) is 19.1 Å². The maximum atomic E-state index is 12.0. The summed E-state index contributed by atoms with van der Waals surface area (Å²) in [6, 6.07) is 5.34. The third-order valence-electron chi connectivity index (χ3n) is 2.80. The molecule has 0 bridgehead atoms. The molecule has 1 aliphatic rings. The number of hydrogen-bond acceptors (Lipinski definition) is 3. The second-order valence-electron chi connectivity index (χ2n) is 4.14. The van der Waals surface area contributed by atoms with Gasteiger partial charge in [-0.3, -0.25) is 0 Å². The highest BCUT2D eigenvalue weighted by atomic mass is 32.2. The quantitative estimate of drug-likeness (QED) is 0.821. The minimum Gasteiger partial charge on any atom is -0.326 e. The molecule has 0 heterocycles. The monoisotopic (exact) mass is 240 g/mol. The lowest BCUT2D eigenvalue weighted by atomic mass is 10.1. The molecule has 0 radical (unpaired) electrons. The van der Waals surface area contributed by atoms with Crippen molar-refractivity contribution in [3.05, 3.63) is 29.3 Å². The fraction of sp³-hybridized carbons (Fsp3) is 0.455. The number of nitrogens with two attached hydrogens (primary N) is 1. The van der Waals surface area contributed by atoms with Crippen molar-refractivity contribution < 1.29 is 8.42 Å². The number of rotatable bonds is 4. The van der Waals surface area contributed by atoms with Gasteiger partial charge >= 0.3 is 0 Å². The first-order chi connectivity index (χ1) is 7.54. The van der Waals surface area contributed by atoms with Gasteiger partial charge in [0.05, 0.1) is 4.90 Å². The minimum absolute atomic E-state index is 0.130. The third kappa shape index (κ3) is 2.26. The Morgan fingerprint density at radius 3 is 2.69 bits per heavy atom. The SMILES string of the molecule is Cc1c(CN)cccc1S(=O)(=O)NC1CC1. The predicted octanol–water partition coefficient (Wildman–Crippen LogP) is 0.894. The molecule has 5 heteroatoms. The molecule has 0 aliphatic heterocycles. The zero-order valence-corrected chi connectivity index (χ0v) is 10.0. The van der Waals surface area contributed by atoms with E-state index in [2.05, 4.69) is 4.72 Å². The summed E-state index contributed by atoms with van der Waals surface area (Å²) in [5.41, 5.74) is 7.18. The van der Waals surface area contributed by atoms with E-state index < -0.39 is 10.0 Å². The maximum Gasteiger partial charge on any atom is 0.241 e. The van der Waals surface area contributed by atoms with Crippen molar-refractivity contribution in [3.8, 4) is 0 Å². The van der Waals surface area contributed by atoms with Crippen LogP contribution in [0.1, 0.15) is 24.0 Å². The molecule has 1 aromatic rings. The Morgan fingerprint density at radius 1 is 1.44 bits per heavy atom. The highest BCUT2D eigenvalue weighted by molar-refractivity contribution is 7.89. The van der Waals surface area contributed by atoms with Crippen molar-refractivity contribution in [2.75, 3.05) is 0 Å². The van der Waals surface area contributed by atoms with Crippen molar-refractivity contribution in [2.24, 2.45) is 5.73 Å². The molecule has 0 unspecified atom stereocenters. The molecule has 1 aliphatic carbocycles. The Hall–Kier alpha value is -0.910. The van der Waals surface area contributed by atoms with Gasteiger partial charge in [0, 0.05) is 12.6 Å². The topological polar surface area (TPSA) is 72.2 Å². The van der Waals surface area contributed by atoms with Crippen LogP contribution in [0, 0.1) is 6.92 Å². The first-order valence-corrected chi connectivity index (χ1v) is 6.84. The fourth-order valence-electron chi connectivity index (χ4n) is 1.66. The van der Waals surface area contributed by atoms with Crippen LogP contribution >= 0.6 is 0 Å². The smallest absolute Gasteiger partial charge is 0.241 e. The van der Waals surface area contributed by atoms with Crippen LogP contribution in [0.15, 0.2) is 23.1 Å². The molecule has 88 valence electrons. The van der Waals surface area contributed by atoms with Gasteiger partial charge in [-0.25, -0.2) is 13.1 Å². The van der Waals surface area contributed by atoms with Crippen molar-refractivity contribution in [3.63, 3.8) is 0 Å². The Balaban J connectivity index is 2.38. The van der Waals surface area contributed by atoms with Crippen LogP contribution in [-0.2, 0) is 16.6 Å². The van der Waals surface area contributed by atoms with E-state index in [-0.39, 0.29) is 6.04 Å². The Morgan fingerprint density at radius 2 is 2.12 bits per heavy atom. The molecule has 0 amide bonds. The van der Waals surface area contributed by atoms with Gasteiger partial charge in [-0.1, -0.05) is 12.1 Å². The van der Waals surface area contributed by atoms with E-state index in [9.17, 15) is 8.42 Å². The van der Waals surface area contributed by atoms with Crippen LogP contribution in [0.3, 0.4) is 0 Å². The summed E-state index contributed by atoms with van der Waals surface area (Å²) in [5.74, 6) is 0. The largest absolute Gasteiger partial charge is 0.326 e. The van der Waals surface area contributed by atoms with E-state index >= 15 is 0 Å². The van der Waals surface area contributed by atoms with Crippen molar-refractivity contribution in [1.82, 2.24) is 4.72 Å². The second-order valence-corrected chi connectivity index (χ2v) is 5.82. The number of nitrogens with one attached hydrogen (secondary N) is 1. The second kappa shape index (κ2) is 4.16. The maximum absolute atomic E-state index is 12.0. The highest BCUT2D eigenvalue weighted by Gasteiger charge is 2.28. The van der Waals surface area contributed by atoms with Gasteiger partial charge < -0.3 is 5.73 Å². The zero-order chi connectivity index (χ0) is 11.8. The molecule has 0 spiro atoms. The zero-order valence-electron chi connectivity index (χ0n) is 9.23. The Bertz CT molecular complexity index is 493. The third-order valence-corrected chi connectivity index (χ3v) is 4.47. The molecule has 0 atom stereocenters. The van der Waals surface area contributed by atoms with E-state index in [4.69, 9.17) is 5.73 Å². The summed E-state index contributed by atoms with van der Waals surface area (Å²) in [4.78, 5) is 0.349. The number of hydrogen-bond donors (Lipinski definition) is 2. The first kappa shape index (κ1) is 11.6. The van der Waals surface area contributed by atoms with Gasteiger partial charge in [0.25, 0.3) is 0 Å². The molecule has 16 heavy (non-hydrogen) atoms. The number of benzene rings is 1. The van der Waals surface area contributed by atoms with Crippen LogP contribution in [0.4, 0.5) is 0 Å². The van der Waals surface area contributed by atoms with E-state index in [0.717, 1.165) is 24.0 Å². The normalized spacial score (nSPS) is 16.4. The van der Waals surface area contributed by atoms with Crippen LogP contribution in [0.25, 0.3) is 0 Å². The van der Waals surface area contributed by atoms with E-state index in [1.165, 1.54) is 0 Å². The first-order valence-electron chi connectivity index (χ1n) is 5.35. The van der Waals surface area contributed by atoms with Crippen LogP contribution < -0.4 is 10.5 Å². The van der Waals surface area contributed by atoms with Gasteiger partial charge in [0.15, 0.2) is 0 Å². The Kier molecular flexibility index (Phi) is 3.01. The minimum atomic E-state index is -3.37. The van der Waals surface area contributed by atoms with E-state index in [1.807, 2.05) is 6.07 Å². The molecule has 4 nitrogen and oxygen atoms in total. The average Bonchev–Trinajstić information content (AvgIpc) is 3.01. The van der Waals surface area contributed by atoms with Crippen LogP contribution in [0.5, 0.6) is 0 Å². The van der Waals surface area contributed by atoms with E-state index in [0.29, 0.717) is 11.4 Å². The van der Waals surface area contributed by atoms with Gasteiger partial charge in [0.2, 0.25) is 10.0 Å². The fourth-order valence-corrected chi connectivity index (χ4v) is 3.25. The summed E-state index contributed by atoms with van der Waals surface area (Å²) in [5, 5.41) is 0. The summed E-state index contributed by atoms with van der Waals surface area (Å²) in [6.45, 7) is 2.16. The van der Waals surface area contributed by atoms with Crippen LogP contribution in [-0.4, -0.2) is 14.5 Å². The molecule has 0 aromatic heterocycles. The van der Waals surface area contributed by atoms with Gasteiger partial charge in [-0.2, -0.15) is 0 Å². The molecule has 3 N–H and O–H groups in total. The lowest BCUT2D eigenvalue weighted by Crippen LogP contribution is -2.26. The van der Waals surface area contributed by atoms with Crippen molar-refractivity contribution in [2.45, 2.75) is 37.2 Å². The Labute approximate surface area is 95.9 Å². The molecule has 1 fully saturated rings. The standard InChI is InChI=1S/C11H16N2O2S/c1-8-9(7-12)3-2-4-11(8)16(14,15)13-10-5-6-10/h2-4,10,13H,5-7,12H2,1H3. The lowest BCUT2D eigenvalue weighted by Gasteiger charge is -2.11. The van der Waals surface area contributed by atoms with Crippen LogP contribution in [0.2, 0.25) is 0 Å². The summed E-state index contributed by atoms with van der Waals surface area (Å²) < 4.78 is 26.7. The van der Waals surface area contributed by atoms with Crippen molar-refractivity contribution in [1.29, 1.82) is 0 Å². The van der Waals surface area contributed by atoms with Gasteiger partial charge in [-0.15, -0.1) is 0 Å². The summed E-state index contributed by atoms with van der Waals surface area (Å²) >= 11 is 0. The molecule has 2 rings (SSSR count).